The molecule has 0 aliphatic carbocycles. The summed E-state index contributed by atoms with van der Waals surface area (Å²) in [4.78, 5) is 9.48. The van der Waals surface area contributed by atoms with Crippen molar-refractivity contribution in [2.24, 2.45) is 5.84 Å². The second-order valence-corrected chi connectivity index (χ2v) is 2.63. The number of nitrogen functional groups attached to an aromatic ring is 1. The van der Waals surface area contributed by atoms with Crippen molar-refractivity contribution in [3.8, 4) is 0 Å². The van der Waals surface area contributed by atoms with Gasteiger partial charge in [0.05, 0.1) is 16.2 Å². The summed E-state index contributed by atoms with van der Waals surface area (Å²) in [6, 6.07) is 2.10. The molecule has 0 spiro atoms. The fourth-order valence-electron chi connectivity index (χ4n) is 1.01. The van der Waals surface area contributed by atoms with Crippen LogP contribution in [-0.4, -0.2) is 4.92 Å². The van der Waals surface area contributed by atoms with Gasteiger partial charge in [0.1, 0.15) is 0 Å². The van der Waals surface area contributed by atoms with Crippen LogP contribution in [0.3, 0.4) is 0 Å². The maximum Gasteiger partial charge on any atom is 0.418 e. The molecule has 90 valence electrons. The van der Waals surface area contributed by atoms with Gasteiger partial charge in [-0.2, -0.15) is 13.2 Å². The third kappa shape index (κ3) is 2.97. The molecule has 0 atom stereocenters. The highest BCUT2D eigenvalue weighted by Gasteiger charge is 2.34. The molecule has 0 saturated heterocycles. The molecule has 1 aromatic rings. The van der Waals surface area contributed by atoms with Crippen LogP contribution < -0.4 is 11.3 Å². The van der Waals surface area contributed by atoms with E-state index < -0.39 is 28.0 Å². The minimum atomic E-state index is -4.60. The van der Waals surface area contributed by atoms with Crippen molar-refractivity contribution in [2.75, 3.05) is 5.43 Å². The summed E-state index contributed by atoms with van der Waals surface area (Å²) in [6.45, 7) is 0. The molecule has 0 saturated carbocycles. The Kier molecular flexibility index (Phi) is 4.51. The van der Waals surface area contributed by atoms with Crippen LogP contribution in [-0.2, 0) is 6.18 Å². The summed E-state index contributed by atoms with van der Waals surface area (Å²) in [5.74, 6) is 4.84. The first-order chi connectivity index (χ1) is 6.86. The van der Waals surface area contributed by atoms with Crippen LogP contribution >= 0.6 is 12.4 Å². The molecule has 0 bridgehead atoms. The SMILES string of the molecule is Cl.NNc1cc([N+](=O)[O-])ccc1C(F)(F)F. The van der Waals surface area contributed by atoms with Crippen molar-refractivity contribution in [1.29, 1.82) is 0 Å². The van der Waals surface area contributed by atoms with Crippen molar-refractivity contribution in [3.63, 3.8) is 0 Å². The summed E-state index contributed by atoms with van der Waals surface area (Å²) in [6.07, 6.45) is -4.60. The van der Waals surface area contributed by atoms with Gasteiger partial charge in [-0.25, -0.2) is 0 Å². The van der Waals surface area contributed by atoms with Gasteiger partial charge in [0.15, 0.2) is 0 Å². The van der Waals surface area contributed by atoms with E-state index in [0.717, 1.165) is 12.1 Å². The van der Waals surface area contributed by atoms with E-state index in [1.54, 1.807) is 5.43 Å². The maximum absolute atomic E-state index is 12.3. The number of nitro benzene ring substituents is 1. The molecular formula is C7H7ClF3N3O2. The van der Waals surface area contributed by atoms with Crippen LogP contribution in [0, 0.1) is 10.1 Å². The van der Waals surface area contributed by atoms with E-state index in [-0.39, 0.29) is 12.4 Å². The van der Waals surface area contributed by atoms with Crippen LogP contribution in [0.2, 0.25) is 0 Å². The highest BCUT2D eigenvalue weighted by molar-refractivity contribution is 5.85. The van der Waals surface area contributed by atoms with Gasteiger partial charge in [0, 0.05) is 12.1 Å². The third-order valence-corrected chi connectivity index (χ3v) is 1.67. The molecule has 0 aromatic heterocycles. The van der Waals surface area contributed by atoms with Gasteiger partial charge >= 0.3 is 6.18 Å². The second kappa shape index (κ2) is 4.99. The van der Waals surface area contributed by atoms with E-state index in [9.17, 15) is 23.3 Å². The average molecular weight is 258 g/mol. The monoisotopic (exact) mass is 257 g/mol. The number of non-ortho nitro benzene ring substituents is 1. The Labute approximate surface area is 94.0 Å². The molecule has 1 rings (SSSR count). The topological polar surface area (TPSA) is 81.2 Å². The van der Waals surface area contributed by atoms with Crippen LogP contribution in [0.25, 0.3) is 0 Å². The van der Waals surface area contributed by atoms with Crippen LogP contribution in [0.1, 0.15) is 5.56 Å². The summed E-state index contributed by atoms with van der Waals surface area (Å²) in [5, 5.41) is 10.3. The quantitative estimate of drug-likeness (QED) is 0.484. The summed E-state index contributed by atoms with van der Waals surface area (Å²) in [7, 11) is 0. The summed E-state index contributed by atoms with van der Waals surface area (Å²) < 4.78 is 36.9. The van der Waals surface area contributed by atoms with Gasteiger partial charge in [0.25, 0.3) is 5.69 Å². The number of alkyl halides is 3. The highest BCUT2D eigenvalue weighted by atomic mass is 35.5. The van der Waals surface area contributed by atoms with Crippen LogP contribution in [0.4, 0.5) is 24.5 Å². The minimum absolute atomic E-state index is 0. The normalized spacial score (nSPS) is 10.5. The van der Waals surface area contributed by atoms with E-state index in [0.29, 0.717) is 6.07 Å². The average Bonchev–Trinajstić information content (AvgIpc) is 2.15. The van der Waals surface area contributed by atoms with Crippen molar-refractivity contribution in [1.82, 2.24) is 0 Å². The predicted molar refractivity (Wildman–Crippen MR) is 53.2 cm³/mol. The predicted octanol–water partition coefficient (Wildman–Crippen LogP) is 2.32. The zero-order valence-electron chi connectivity index (χ0n) is 7.62. The summed E-state index contributed by atoms with van der Waals surface area (Å²) in [5.41, 5.74) is -0.266. The summed E-state index contributed by atoms with van der Waals surface area (Å²) >= 11 is 0. The number of nitrogens with zero attached hydrogens (tertiary/aromatic N) is 1. The lowest BCUT2D eigenvalue weighted by Gasteiger charge is -2.11. The lowest BCUT2D eigenvalue weighted by molar-refractivity contribution is -0.384. The number of benzene rings is 1. The zero-order chi connectivity index (χ0) is 11.6. The molecular weight excluding hydrogens is 251 g/mol. The number of nitrogens with two attached hydrogens (primary N) is 1. The number of hydrogen-bond acceptors (Lipinski definition) is 4. The number of anilines is 1. The molecule has 0 aliphatic rings. The Morgan fingerprint density at radius 3 is 2.31 bits per heavy atom. The molecule has 0 aliphatic heterocycles. The molecule has 5 nitrogen and oxygen atoms in total. The standard InChI is InChI=1S/C7H6F3N3O2.ClH/c8-7(9,10)5-2-1-4(13(14)15)3-6(5)12-11;/h1-3,12H,11H2;1H. The van der Waals surface area contributed by atoms with Crippen molar-refractivity contribution in [2.45, 2.75) is 6.18 Å². The fraction of sp³-hybridized carbons (Fsp3) is 0.143. The molecule has 0 heterocycles. The Hall–Kier alpha value is -1.54. The van der Waals surface area contributed by atoms with Gasteiger partial charge in [-0.3, -0.25) is 16.0 Å². The Balaban J connectivity index is 0.00000225. The first kappa shape index (κ1) is 14.5. The van der Waals surface area contributed by atoms with E-state index in [2.05, 4.69) is 0 Å². The van der Waals surface area contributed by atoms with Crippen molar-refractivity contribution < 1.29 is 18.1 Å². The largest absolute Gasteiger partial charge is 0.418 e. The Bertz CT molecular complexity index is 397. The first-order valence-electron chi connectivity index (χ1n) is 3.68. The molecule has 0 fully saturated rings. The number of nitro groups is 1. The number of hydrazine groups is 1. The minimum Gasteiger partial charge on any atom is -0.323 e. The molecule has 1 aromatic carbocycles. The lowest BCUT2D eigenvalue weighted by Crippen LogP contribution is -2.15. The molecule has 0 amide bonds. The van der Waals surface area contributed by atoms with Gasteiger partial charge in [-0.05, 0) is 6.07 Å². The van der Waals surface area contributed by atoms with Gasteiger partial charge < -0.3 is 5.43 Å². The number of halogens is 4. The fourth-order valence-corrected chi connectivity index (χ4v) is 1.01. The zero-order valence-corrected chi connectivity index (χ0v) is 8.43. The van der Waals surface area contributed by atoms with E-state index in [1.165, 1.54) is 0 Å². The highest BCUT2D eigenvalue weighted by Crippen LogP contribution is 2.36. The molecule has 3 N–H and O–H groups in total. The van der Waals surface area contributed by atoms with Gasteiger partial charge in [-0.15, -0.1) is 12.4 Å². The van der Waals surface area contributed by atoms with E-state index in [1.807, 2.05) is 0 Å². The third-order valence-electron chi connectivity index (χ3n) is 1.67. The Morgan fingerprint density at radius 2 is 1.94 bits per heavy atom. The van der Waals surface area contributed by atoms with Crippen molar-refractivity contribution >= 4 is 23.8 Å². The molecule has 9 heteroatoms. The number of rotatable bonds is 2. The molecule has 16 heavy (non-hydrogen) atoms. The lowest BCUT2D eigenvalue weighted by atomic mass is 10.1. The smallest absolute Gasteiger partial charge is 0.323 e. The van der Waals surface area contributed by atoms with Crippen molar-refractivity contribution in [3.05, 3.63) is 33.9 Å². The van der Waals surface area contributed by atoms with E-state index >= 15 is 0 Å². The first-order valence-corrected chi connectivity index (χ1v) is 3.68. The van der Waals surface area contributed by atoms with Crippen LogP contribution in [0.5, 0.6) is 0 Å². The van der Waals surface area contributed by atoms with E-state index in [4.69, 9.17) is 5.84 Å². The van der Waals surface area contributed by atoms with Gasteiger partial charge in [-0.1, -0.05) is 0 Å². The number of nitrogens with one attached hydrogen (secondary N) is 1. The maximum atomic E-state index is 12.3. The molecule has 0 unspecified atom stereocenters. The van der Waals surface area contributed by atoms with Gasteiger partial charge in [0.2, 0.25) is 0 Å². The second-order valence-electron chi connectivity index (χ2n) is 2.63. The Morgan fingerprint density at radius 1 is 1.38 bits per heavy atom. The molecule has 0 radical (unpaired) electrons. The van der Waals surface area contributed by atoms with Crippen LogP contribution in [0.15, 0.2) is 18.2 Å². The number of hydrogen-bond donors (Lipinski definition) is 2.